The number of aliphatic carboxylic acids is 4. The SMILES string of the molecule is CC(=O)O.CC(C)C[C@H](NC(=O)[C@H](C)NC(=O)[C@H](CCCN=C(N)N)NC(=O)[C@H](CCC(=O)O)NC(=O)[C@H](CC(C)C)NC(=O)[C@H](CCC(N)=O)NC(=O)[C@H](CCC(=O)O)NC(=O)[C@@H]1CCC(=O)N1)C(=O)N[C@@H](CC(N)=O)C(=O)N[C@@H](CO)C(=O)N[C@@H](CO)C(=O)O. The highest BCUT2D eigenvalue weighted by Gasteiger charge is 2.37. The highest BCUT2D eigenvalue weighted by Crippen LogP contribution is 2.13. The van der Waals surface area contributed by atoms with Gasteiger partial charge in [-0.15, -0.1) is 0 Å². The van der Waals surface area contributed by atoms with E-state index in [1.54, 1.807) is 27.7 Å². The molecule has 1 saturated heterocycles. The summed E-state index contributed by atoms with van der Waals surface area (Å²) in [6, 6.07) is -18.0. The van der Waals surface area contributed by atoms with Gasteiger partial charge in [-0.2, -0.15) is 0 Å². The molecule has 25 N–H and O–H groups in total. The Labute approximate surface area is 527 Å². The highest BCUT2D eigenvalue weighted by atomic mass is 16.4. The van der Waals surface area contributed by atoms with Crippen molar-refractivity contribution in [2.75, 3.05) is 19.8 Å². The van der Waals surface area contributed by atoms with Crippen LogP contribution in [0.1, 0.15) is 125 Å². The van der Waals surface area contributed by atoms with E-state index in [1.165, 1.54) is 6.92 Å². The van der Waals surface area contributed by atoms with Gasteiger partial charge in [-0.25, -0.2) is 4.79 Å². The molecule has 1 fully saturated rings. The molecule has 39 heteroatoms. The Morgan fingerprint density at radius 1 is 0.478 bits per heavy atom. The van der Waals surface area contributed by atoms with Crippen LogP contribution in [0.3, 0.4) is 0 Å². The van der Waals surface area contributed by atoms with E-state index in [9.17, 15) is 97.1 Å². The van der Waals surface area contributed by atoms with E-state index < -0.39 is 231 Å². The summed E-state index contributed by atoms with van der Waals surface area (Å²) in [6.07, 6.45) is -5.01. The minimum absolute atomic E-state index is 0.00114. The third-order valence-corrected chi connectivity index (χ3v) is 12.8. The average Bonchev–Trinajstić information content (AvgIpc) is 1.07. The molecule has 1 rings (SSSR count). The lowest BCUT2D eigenvalue weighted by molar-refractivity contribution is -0.144. The number of hydrogen-bond donors (Lipinski definition) is 21. The van der Waals surface area contributed by atoms with E-state index in [0.717, 1.165) is 6.92 Å². The first-order valence-electron chi connectivity index (χ1n) is 28.8. The van der Waals surface area contributed by atoms with Crippen molar-refractivity contribution in [1.29, 1.82) is 0 Å². The van der Waals surface area contributed by atoms with Crippen molar-refractivity contribution >= 4 is 107 Å². The van der Waals surface area contributed by atoms with Crippen molar-refractivity contribution in [1.82, 2.24) is 58.5 Å². The summed E-state index contributed by atoms with van der Waals surface area (Å²) >= 11 is 0. The number of hydrogen-bond acceptors (Lipinski definition) is 20. The summed E-state index contributed by atoms with van der Waals surface area (Å²) in [6.45, 7) is 6.49. The van der Waals surface area contributed by atoms with Gasteiger partial charge in [-0.1, -0.05) is 27.7 Å². The molecule has 11 atom stereocenters. The normalized spacial score (nSPS) is 15.6. The topological polar surface area (TPSA) is 660 Å². The lowest BCUT2D eigenvalue weighted by Gasteiger charge is -2.28. The van der Waals surface area contributed by atoms with Gasteiger partial charge in [0.05, 0.1) is 19.6 Å². The zero-order valence-electron chi connectivity index (χ0n) is 51.7. The number of nitrogens with zero attached hydrogens (tertiary/aromatic N) is 1. The van der Waals surface area contributed by atoms with E-state index in [1.807, 2.05) is 10.6 Å². The second-order valence-corrected chi connectivity index (χ2v) is 21.9. The van der Waals surface area contributed by atoms with Crippen LogP contribution in [-0.2, 0) is 81.5 Å². The maximum atomic E-state index is 14.2. The van der Waals surface area contributed by atoms with Gasteiger partial charge in [0.1, 0.15) is 66.5 Å². The lowest BCUT2D eigenvalue weighted by atomic mass is 10.0. The molecule has 92 heavy (non-hydrogen) atoms. The number of carbonyl (C=O) groups excluding carboxylic acids is 13. The molecule has 518 valence electrons. The fourth-order valence-corrected chi connectivity index (χ4v) is 8.26. The summed E-state index contributed by atoms with van der Waals surface area (Å²) in [5, 5.41) is 79.9. The molecule has 0 aromatic rings. The third-order valence-electron chi connectivity index (χ3n) is 12.8. The summed E-state index contributed by atoms with van der Waals surface area (Å²) in [7, 11) is 0. The van der Waals surface area contributed by atoms with Crippen LogP contribution in [-0.4, -0.2) is 223 Å². The molecular weight excluding hydrogens is 1230 g/mol. The Kier molecular flexibility index (Phi) is 37.7. The van der Waals surface area contributed by atoms with Gasteiger partial charge in [0.25, 0.3) is 5.97 Å². The molecule has 13 amide bonds. The van der Waals surface area contributed by atoms with Crippen molar-refractivity contribution in [3.8, 4) is 0 Å². The molecule has 0 bridgehead atoms. The number of nitrogens with one attached hydrogen (secondary N) is 11. The average molecular weight is 1320 g/mol. The molecule has 0 unspecified atom stereocenters. The Morgan fingerprint density at radius 3 is 1.23 bits per heavy atom. The van der Waals surface area contributed by atoms with E-state index in [-0.39, 0.29) is 56.9 Å². The predicted molar refractivity (Wildman–Crippen MR) is 316 cm³/mol. The van der Waals surface area contributed by atoms with Crippen LogP contribution in [0.4, 0.5) is 0 Å². The highest BCUT2D eigenvalue weighted by molar-refractivity contribution is 6.00. The number of aliphatic hydroxyl groups is 2. The maximum Gasteiger partial charge on any atom is 0.328 e. The second kappa shape index (κ2) is 42.2. The fraction of sp³-hybridized carbons (Fsp3) is 0.660. The molecule has 0 radical (unpaired) electrons. The minimum atomic E-state index is -1.87. The van der Waals surface area contributed by atoms with Crippen molar-refractivity contribution in [3.05, 3.63) is 0 Å². The number of aliphatic hydroxyl groups excluding tert-OH is 2. The maximum absolute atomic E-state index is 14.2. The van der Waals surface area contributed by atoms with E-state index >= 15 is 0 Å². The number of guanidine groups is 1. The van der Waals surface area contributed by atoms with Gasteiger partial charge in [0, 0.05) is 39.2 Å². The van der Waals surface area contributed by atoms with Crippen LogP contribution in [0.25, 0.3) is 0 Å². The predicted octanol–water partition coefficient (Wildman–Crippen LogP) is -8.69. The van der Waals surface area contributed by atoms with Crippen molar-refractivity contribution < 1.29 is 112 Å². The first-order valence-corrected chi connectivity index (χ1v) is 28.8. The van der Waals surface area contributed by atoms with E-state index in [2.05, 4.69) is 52.8 Å². The van der Waals surface area contributed by atoms with Crippen molar-refractivity contribution in [2.45, 2.75) is 191 Å². The number of nitrogens with two attached hydrogens (primary N) is 4. The fourth-order valence-electron chi connectivity index (χ4n) is 8.26. The summed E-state index contributed by atoms with van der Waals surface area (Å²) in [5.41, 5.74) is 21.6. The number of carboxylic acid groups (broad SMARTS) is 4. The van der Waals surface area contributed by atoms with Crippen molar-refractivity contribution in [2.24, 2.45) is 39.8 Å². The molecule has 1 heterocycles. The van der Waals surface area contributed by atoms with Crippen LogP contribution in [0.15, 0.2) is 4.99 Å². The Morgan fingerprint density at radius 2 is 0.837 bits per heavy atom. The van der Waals surface area contributed by atoms with Gasteiger partial charge in [-0.3, -0.25) is 81.7 Å². The quantitative estimate of drug-likeness (QED) is 0.0153. The van der Waals surface area contributed by atoms with Crippen molar-refractivity contribution in [3.63, 3.8) is 0 Å². The molecule has 1 aliphatic rings. The Hall–Kier alpha value is -9.82. The largest absolute Gasteiger partial charge is 0.481 e. The molecule has 0 saturated carbocycles. The zero-order chi connectivity index (χ0) is 70.7. The van der Waals surface area contributed by atoms with Crippen LogP contribution >= 0.6 is 0 Å². The van der Waals surface area contributed by atoms with Crippen LogP contribution in [0.5, 0.6) is 0 Å². The van der Waals surface area contributed by atoms with E-state index in [0.29, 0.717) is 0 Å². The number of aliphatic imine (C=N–C) groups is 1. The monoisotopic (exact) mass is 1320 g/mol. The number of carbonyl (C=O) groups is 17. The second-order valence-electron chi connectivity index (χ2n) is 21.9. The van der Waals surface area contributed by atoms with Gasteiger partial charge >= 0.3 is 17.9 Å². The lowest BCUT2D eigenvalue weighted by Crippen LogP contribution is -2.61. The van der Waals surface area contributed by atoms with E-state index in [4.69, 9.17) is 37.9 Å². The summed E-state index contributed by atoms with van der Waals surface area (Å²) < 4.78 is 0. The Balaban J connectivity index is 0.0000201. The molecule has 0 aromatic heterocycles. The number of carboxylic acids is 4. The molecule has 39 nitrogen and oxygen atoms in total. The number of rotatable bonds is 42. The van der Waals surface area contributed by atoms with Gasteiger partial charge in [0.15, 0.2) is 5.96 Å². The first kappa shape index (κ1) is 82.2. The smallest absolute Gasteiger partial charge is 0.328 e. The van der Waals surface area contributed by atoms with Crippen LogP contribution < -0.4 is 81.4 Å². The molecule has 1 aliphatic heterocycles. The summed E-state index contributed by atoms with van der Waals surface area (Å²) in [4.78, 5) is 220. The molecule has 0 aliphatic carbocycles. The minimum Gasteiger partial charge on any atom is -0.481 e. The number of amides is 13. The first-order chi connectivity index (χ1) is 42.8. The zero-order valence-corrected chi connectivity index (χ0v) is 51.7. The molecule has 0 spiro atoms. The summed E-state index contributed by atoms with van der Waals surface area (Å²) in [5.74, 6) is -20.0. The van der Waals surface area contributed by atoms with Crippen LogP contribution in [0, 0.1) is 11.8 Å². The number of primary amides is 2. The van der Waals surface area contributed by atoms with Gasteiger partial charge < -0.3 is 112 Å². The molecular formula is C53H88N16O23. The molecule has 0 aromatic carbocycles. The standard InChI is InChI=1S/C51H84N16O21.C2H4O2/c1-22(2)17-30(47(84)65-32(19-36(53)71)48(85)66-33(20-68)49(86)67-34(21-69)50(87)88)63-40(77)24(5)57-41(78)25(7-6-16-56-51(54)55)59-43(80)29(11-15-39(75)76)62-46(83)31(18-23(3)4)64-45(82)27(8-12-35(52)70)60-44(81)28(10-14-38(73)74)61-42(79)26-9-13-37(72)58-26;1-2(3)4/h22-34,68-69H,6-21H2,1-5H3,(H2,52,70)(H2,53,71)(H,57,78)(H,58,72)(H,59,80)(H,60,81)(H,61,79)(H,62,83)(H,63,77)(H,64,82)(H,65,84)(H,66,85)(H,67,86)(H,73,74)(H,75,76)(H,87,88)(H4,54,55,56);1H3,(H,3,4)/t24-,25-,26-,27-,28-,29-,30-,31-,32-,33-,34-;/m0./s1. The van der Waals surface area contributed by atoms with Crippen LogP contribution in [0.2, 0.25) is 0 Å². The third kappa shape index (κ3) is 34.2. The van der Waals surface area contributed by atoms with Gasteiger partial charge in [0.2, 0.25) is 76.8 Å². The Bertz CT molecular complexity index is 2670. The van der Waals surface area contributed by atoms with Gasteiger partial charge in [-0.05, 0) is 70.1 Å².